The van der Waals surface area contributed by atoms with Crippen LogP contribution in [0.3, 0.4) is 0 Å². The number of anilines is 2. The average Bonchev–Trinajstić information content (AvgIpc) is 3.40. The van der Waals surface area contributed by atoms with Crippen molar-refractivity contribution in [1.29, 1.82) is 0 Å². The molecule has 0 saturated carbocycles. The van der Waals surface area contributed by atoms with E-state index in [2.05, 4.69) is 5.10 Å². The number of primary amides is 1. The molecule has 0 radical (unpaired) electrons. The number of benzene rings is 2. The first-order chi connectivity index (χ1) is 21.1. The monoisotopic (exact) mass is 471 g/mol. The first-order valence-electron chi connectivity index (χ1n) is 15.9. The zero-order valence-corrected chi connectivity index (χ0v) is 17.7. The Morgan fingerprint density at radius 1 is 1.00 bits per heavy atom. The fraction of sp³-hybridized carbons (Fsp3) is 0.280. The highest BCUT2D eigenvalue weighted by Crippen LogP contribution is 2.31. The summed E-state index contributed by atoms with van der Waals surface area (Å²) < 4.78 is 106. The van der Waals surface area contributed by atoms with Crippen LogP contribution in [0, 0.1) is 0 Å². The zero-order valence-electron chi connectivity index (χ0n) is 29.7. The van der Waals surface area contributed by atoms with Crippen LogP contribution in [-0.4, -0.2) is 47.7 Å². The van der Waals surface area contributed by atoms with E-state index in [-0.39, 0.29) is 5.69 Å². The van der Waals surface area contributed by atoms with Crippen molar-refractivity contribution in [2.75, 3.05) is 30.0 Å². The molecular formula is C25H25N5O4. The largest absolute Gasteiger partial charge is 0.497 e. The van der Waals surface area contributed by atoms with E-state index < -0.39 is 109 Å². The molecule has 34 heavy (non-hydrogen) atoms. The highest BCUT2D eigenvalue weighted by Gasteiger charge is 2.34. The van der Waals surface area contributed by atoms with Gasteiger partial charge in [0, 0.05) is 47.4 Å². The summed E-state index contributed by atoms with van der Waals surface area (Å²) >= 11 is 0. The minimum absolute atomic E-state index is 0.178. The second-order valence-corrected chi connectivity index (χ2v) is 7.13. The Labute approximate surface area is 213 Å². The molecule has 1 aromatic heterocycles. The maximum absolute atomic E-state index is 14.1. The zero-order chi connectivity index (χ0) is 34.5. The van der Waals surface area contributed by atoms with E-state index >= 15 is 0 Å². The Morgan fingerprint density at radius 2 is 1.68 bits per heavy atom. The summed E-state index contributed by atoms with van der Waals surface area (Å²) in [5.74, 6) is -3.43. The van der Waals surface area contributed by atoms with Crippen LogP contribution in [0.1, 0.15) is 62.1 Å². The highest BCUT2D eigenvalue weighted by molar-refractivity contribution is 6.09. The molecule has 3 amide bonds. The molecule has 3 aromatic rings. The Balaban J connectivity index is 1.70. The lowest BCUT2D eigenvalue weighted by Gasteiger charge is -2.29. The topological polar surface area (TPSA) is 111 Å². The van der Waals surface area contributed by atoms with Crippen LogP contribution in [0.25, 0.3) is 5.69 Å². The standard InChI is InChI=1S/C25H25N5O4/c1-34-19-11-9-18(10-12-19)30-23-20(22(27-30)24(26)32)13-15-29(25(23)33)17-7-5-16(6-8-17)28-14-3-2-4-21(28)31/h5-12H,2-4,13-15H2,1H3,(H2,26,32)/i2D2,3D2,4D2,5D,6D,7D,8D,13D2. The first kappa shape index (κ1) is 11.8. The molecule has 1 fully saturated rings. The SMILES string of the molecule is [2H]c1c([2H])c(N2CC([2H])([2H])C([2H])([2H])C([2H])([2H])C2=O)c([2H])c([2H])c1N1CC([2H])([2H])c2c(C(N)=O)nn(-c3ccc(OC)cc3)c2C1=O. The van der Waals surface area contributed by atoms with Crippen molar-refractivity contribution >= 4 is 29.1 Å². The van der Waals surface area contributed by atoms with Gasteiger partial charge in [-0.15, -0.1) is 0 Å². The van der Waals surface area contributed by atoms with Gasteiger partial charge in [0.05, 0.1) is 18.3 Å². The Morgan fingerprint density at radius 3 is 2.32 bits per heavy atom. The molecule has 3 heterocycles. The molecule has 0 unspecified atom stereocenters. The minimum atomic E-state index is -3.47. The first-order valence-corrected chi connectivity index (χ1v) is 9.94. The number of rotatable bonds is 5. The smallest absolute Gasteiger partial charge is 0.277 e. The van der Waals surface area contributed by atoms with E-state index in [0.29, 0.717) is 15.5 Å². The van der Waals surface area contributed by atoms with Gasteiger partial charge in [0.25, 0.3) is 11.8 Å². The number of piperidine rings is 1. The summed E-state index contributed by atoms with van der Waals surface area (Å²) in [7, 11) is 1.42. The van der Waals surface area contributed by atoms with Crippen LogP contribution in [-0.2, 0) is 11.2 Å². The summed E-state index contributed by atoms with van der Waals surface area (Å²) in [5, 5.41) is 4.09. The number of carbonyl (C=O) groups excluding carboxylic acids is 3. The van der Waals surface area contributed by atoms with Crippen LogP contribution in [0.15, 0.2) is 48.4 Å². The van der Waals surface area contributed by atoms with Crippen LogP contribution in [0.5, 0.6) is 5.75 Å². The lowest BCUT2D eigenvalue weighted by molar-refractivity contribution is -0.119. The number of methoxy groups -OCH3 is 1. The molecular weight excluding hydrogens is 434 g/mol. The maximum Gasteiger partial charge on any atom is 0.277 e. The molecule has 0 atom stereocenters. The van der Waals surface area contributed by atoms with Crippen LogP contribution in [0.2, 0.25) is 0 Å². The van der Waals surface area contributed by atoms with E-state index in [4.69, 9.17) is 26.9 Å². The van der Waals surface area contributed by atoms with Crippen molar-refractivity contribution in [2.45, 2.75) is 25.5 Å². The number of nitrogens with two attached hydrogens (primary N) is 1. The minimum Gasteiger partial charge on any atom is -0.497 e. The van der Waals surface area contributed by atoms with E-state index in [0.717, 1.165) is 4.68 Å². The summed E-state index contributed by atoms with van der Waals surface area (Å²) in [6.45, 7) is -2.07. The van der Waals surface area contributed by atoms with Gasteiger partial charge in [-0.2, -0.15) is 5.10 Å². The molecule has 2 aliphatic heterocycles. The summed E-state index contributed by atoms with van der Waals surface area (Å²) in [5.41, 5.74) is 2.57. The van der Waals surface area contributed by atoms with E-state index in [9.17, 15) is 14.4 Å². The number of aromatic nitrogens is 2. The number of nitrogens with zero attached hydrogens (tertiary/aromatic N) is 4. The molecule has 2 N–H and O–H groups in total. The van der Waals surface area contributed by atoms with Crippen molar-refractivity contribution in [3.05, 3.63) is 65.4 Å². The molecule has 0 spiro atoms. The van der Waals surface area contributed by atoms with Crippen molar-refractivity contribution in [2.24, 2.45) is 5.73 Å². The van der Waals surface area contributed by atoms with Gasteiger partial charge >= 0.3 is 0 Å². The molecule has 9 heteroatoms. The number of carbonyl (C=O) groups is 3. The van der Waals surface area contributed by atoms with Gasteiger partial charge in [0.2, 0.25) is 5.91 Å². The number of hydrogen-bond donors (Lipinski definition) is 1. The molecule has 2 aliphatic rings. The average molecular weight is 472 g/mol. The molecule has 5 rings (SSSR count). The van der Waals surface area contributed by atoms with Crippen molar-refractivity contribution in [3.63, 3.8) is 0 Å². The van der Waals surface area contributed by atoms with Gasteiger partial charge in [-0.1, -0.05) is 0 Å². The van der Waals surface area contributed by atoms with E-state index in [1.54, 1.807) is 0 Å². The van der Waals surface area contributed by atoms with E-state index in [1.165, 1.54) is 31.4 Å². The summed E-state index contributed by atoms with van der Waals surface area (Å²) in [6.07, 6.45) is -12.4. The van der Waals surface area contributed by atoms with Crippen molar-refractivity contribution in [3.8, 4) is 11.4 Å². The molecule has 9 nitrogen and oxygen atoms in total. The molecule has 0 aliphatic carbocycles. The highest BCUT2D eigenvalue weighted by atomic mass is 16.5. The predicted molar refractivity (Wildman–Crippen MR) is 127 cm³/mol. The summed E-state index contributed by atoms with van der Waals surface area (Å²) in [4.78, 5) is 40.4. The molecule has 1 saturated heterocycles. The van der Waals surface area contributed by atoms with Gasteiger partial charge in [0.1, 0.15) is 11.4 Å². The quantitative estimate of drug-likeness (QED) is 0.615. The van der Waals surface area contributed by atoms with Crippen LogP contribution >= 0.6 is 0 Å². The van der Waals surface area contributed by atoms with Gasteiger partial charge < -0.3 is 20.3 Å². The van der Waals surface area contributed by atoms with Crippen molar-refractivity contribution in [1.82, 2.24) is 9.78 Å². The molecule has 174 valence electrons. The normalized spacial score (nSPS) is 27.0. The molecule has 2 aromatic carbocycles. The summed E-state index contributed by atoms with van der Waals surface area (Å²) in [6, 6.07) is 2.00. The maximum atomic E-state index is 14.1. The van der Waals surface area contributed by atoms with Crippen LogP contribution < -0.4 is 20.3 Å². The van der Waals surface area contributed by atoms with E-state index in [1.807, 2.05) is 0 Å². The van der Waals surface area contributed by atoms with Crippen molar-refractivity contribution < 1.29 is 35.6 Å². The Bertz CT molecular complexity index is 1800. The number of hydrogen-bond acceptors (Lipinski definition) is 5. The van der Waals surface area contributed by atoms with Gasteiger partial charge in [0.15, 0.2) is 5.69 Å². The fourth-order valence-corrected chi connectivity index (χ4v) is 3.51. The second kappa shape index (κ2) is 8.66. The number of ether oxygens (including phenoxy) is 1. The third kappa shape index (κ3) is 3.68. The lowest BCUT2D eigenvalue weighted by Crippen LogP contribution is -2.39. The van der Waals surface area contributed by atoms with Gasteiger partial charge in [-0.3, -0.25) is 14.4 Å². The lowest BCUT2D eigenvalue weighted by atomic mass is 10.0. The third-order valence-electron chi connectivity index (χ3n) is 5.18. The van der Waals surface area contributed by atoms with Gasteiger partial charge in [-0.25, -0.2) is 4.68 Å². The fourth-order valence-electron chi connectivity index (χ4n) is 3.51. The second-order valence-electron chi connectivity index (χ2n) is 7.13. The Hall–Kier alpha value is -4.14. The van der Waals surface area contributed by atoms with Gasteiger partial charge in [-0.05, 0) is 67.6 Å². The Kier molecular flexibility index (Phi) is 3.01. The van der Waals surface area contributed by atoms with Crippen LogP contribution in [0.4, 0.5) is 11.4 Å². The molecule has 0 bridgehead atoms. The number of fused-ring (bicyclic) bond motifs is 1. The number of amides is 3. The predicted octanol–water partition coefficient (Wildman–Crippen LogP) is 2.70. The third-order valence-corrected chi connectivity index (χ3v) is 5.18.